The number of carboxylic acids is 1. The van der Waals surface area contributed by atoms with Crippen molar-refractivity contribution in [3.63, 3.8) is 0 Å². The predicted molar refractivity (Wildman–Crippen MR) is 66.5 cm³/mol. The Morgan fingerprint density at radius 2 is 1.67 bits per heavy atom. The summed E-state index contributed by atoms with van der Waals surface area (Å²) in [4.78, 5) is 30.2. The molecule has 0 saturated carbocycles. The van der Waals surface area contributed by atoms with E-state index in [0.29, 0.717) is 5.57 Å². The molecule has 0 aromatic carbocycles. The van der Waals surface area contributed by atoms with Crippen molar-refractivity contribution in [1.82, 2.24) is 9.97 Å². The molecule has 1 aromatic rings. The summed E-state index contributed by atoms with van der Waals surface area (Å²) < 4.78 is 0. The second-order valence-electron chi connectivity index (χ2n) is 3.60. The highest BCUT2D eigenvalue weighted by Crippen LogP contribution is 2.14. The molecule has 1 N–H and O–H groups in total. The van der Waals surface area contributed by atoms with E-state index in [9.17, 15) is 9.59 Å². The normalized spacial score (nSPS) is 12.4. The molecule has 0 amide bonds. The van der Waals surface area contributed by atoms with Crippen LogP contribution in [0.25, 0.3) is 0 Å². The Labute approximate surface area is 105 Å². The lowest BCUT2D eigenvalue weighted by molar-refractivity contribution is 0.0689. The molecule has 0 radical (unpaired) electrons. The van der Waals surface area contributed by atoms with Crippen LogP contribution in [0.3, 0.4) is 0 Å². The van der Waals surface area contributed by atoms with Crippen LogP contribution in [0.4, 0.5) is 0 Å². The Morgan fingerprint density at radius 1 is 1.11 bits per heavy atom. The molecule has 0 aliphatic heterocycles. The van der Waals surface area contributed by atoms with Gasteiger partial charge in [-0.1, -0.05) is 12.2 Å². The topological polar surface area (TPSA) is 80.2 Å². The zero-order valence-electron chi connectivity index (χ0n) is 10.5. The molecule has 0 fully saturated rings. The Kier molecular flexibility index (Phi) is 4.48. The second kappa shape index (κ2) is 5.86. The van der Waals surface area contributed by atoms with Crippen molar-refractivity contribution >= 4 is 11.8 Å². The van der Waals surface area contributed by atoms with Crippen molar-refractivity contribution < 1.29 is 14.7 Å². The number of ketones is 1. The number of aromatic nitrogens is 2. The maximum atomic E-state index is 12.1. The van der Waals surface area contributed by atoms with Gasteiger partial charge in [-0.3, -0.25) is 4.79 Å². The van der Waals surface area contributed by atoms with E-state index >= 15 is 0 Å². The fraction of sp³-hybridized carbons (Fsp3) is 0.231. The van der Waals surface area contributed by atoms with E-state index in [1.54, 1.807) is 13.0 Å². The zero-order valence-corrected chi connectivity index (χ0v) is 10.5. The predicted octanol–water partition coefficient (Wildman–Crippen LogP) is 2.27. The van der Waals surface area contributed by atoms with Gasteiger partial charge in [0.15, 0.2) is 5.69 Å². The van der Waals surface area contributed by atoms with E-state index in [2.05, 4.69) is 9.97 Å². The molecule has 5 heteroatoms. The van der Waals surface area contributed by atoms with Crippen LogP contribution >= 0.6 is 0 Å². The van der Waals surface area contributed by atoms with Crippen molar-refractivity contribution in [2.75, 3.05) is 0 Å². The molecule has 0 saturated heterocycles. The van der Waals surface area contributed by atoms with Gasteiger partial charge in [0.2, 0.25) is 5.78 Å². The highest BCUT2D eigenvalue weighted by atomic mass is 16.4. The lowest BCUT2D eigenvalue weighted by Gasteiger charge is -2.05. The van der Waals surface area contributed by atoms with Gasteiger partial charge in [0.05, 0.1) is 12.4 Å². The first-order valence-electron chi connectivity index (χ1n) is 5.40. The van der Waals surface area contributed by atoms with Crippen LogP contribution in [0.1, 0.15) is 41.7 Å². The SMILES string of the molecule is CC=C(C)C(=CC)C(=O)c1cnc(C(=O)O)cn1. The monoisotopic (exact) mass is 246 g/mol. The molecule has 0 unspecified atom stereocenters. The van der Waals surface area contributed by atoms with Crippen molar-refractivity contribution in [3.8, 4) is 0 Å². The van der Waals surface area contributed by atoms with Gasteiger partial charge in [0.1, 0.15) is 5.69 Å². The minimum Gasteiger partial charge on any atom is -0.476 e. The second-order valence-corrected chi connectivity index (χ2v) is 3.60. The number of carboxylic acid groups (broad SMARTS) is 1. The summed E-state index contributed by atoms with van der Waals surface area (Å²) >= 11 is 0. The van der Waals surface area contributed by atoms with Crippen molar-refractivity contribution in [3.05, 3.63) is 47.1 Å². The van der Waals surface area contributed by atoms with E-state index in [0.717, 1.165) is 11.8 Å². The van der Waals surface area contributed by atoms with E-state index in [4.69, 9.17) is 5.11 Å². The Bertz CT molecular complexity index is 528. The van der Waals surface area contributed by atoms with Crippen LogP contribution in [-0.4, -0.2) is 26.8 Å². The number of Topliss-reactive ketones (excluding diaryl/α,β-unsaturated/α-hetero) is 1. The third kappa shape index (κ3) is 2.88. The van der Waals surface area contributed by atoms with Crippen LogP contribution in [0, 0.1) is 0 Å². The van der Waals surface area contributed by atoms with Gasteiger partial charge >= 0.3 is 5.97 Å². The number of hydrogen-bond acceptors (Lipinski definition) is 4. The lowest BCUT2D eigenvalue weighted by atomic mass is 10.0. The first-order valence-corrected chi connectivity index (χ1v) is 5.40. The molecule has 1 heterocycles. The molecule has 94 valence electrons. The number of hydrogen-bond donors (Lipinski definition) is 1. The number of nitrogens with zero attached hydrogens (tertiary/aromatic N) is 2. The number of aromatic carboxylic acids is 1. The third-order valence-electron chi connectivity index (χ3n) is 2.49. The Hall–Kier alpha value is -2.30. The van der Waals surface area contributed by atoms with E-state index in [1.165, 1.54) is 6.20 Å². The Morgan fingerprint density at radius 3 is 2.06 bits per heavy atom. The fourth-order valence-electron chi connectivity index (χ4n) is 1.39. The molecule has 0 aliphatic rings. The summed E-state index contributed by atoms with van der Waals surface area (Å²) in [5.74, 6) is -1.44. The maximum Gasteiger partial charge on any atom is 0.356 e. The summed E-state index contributed by atoms with van der Waals surface area (Å²) in [7, 11) is 0. The first kappa shape index (κ1) is 13.8. The van der Waals surface area contributed by atoms with Crippen molar-refractivity contribution in [2.45, 2.75) is 20.8 Å². The molecule has 0 atom stereocenters. The molecule has 0 spiro atoms. The molecule has 1 aromatic heterocycles. The Balaban J connectivity index is 3.08. The number of allylic oxidation sites excluding steroid dienone is 4. The smallest absolute Gasteiger partial charge is 0.356 e. The summed E-state index contributed by atoms with van der Waals surface area (Å²) in [6.07, 6.45) is 5.78. The number of carbonyl (C=O) groups is 2. The van der Waals surface area contributed by atoms with Crippen LogP contribution in [-0.2, 0) is 0 Å². The average Bonchev–Trinajstić information content (AvgIpc) is 2.39. The highest BCUT2D eigenvalue weighted by Gasteiger charge is 2.15. The molecule has 18 heavy (non-hydrogen) atoms. The van der Waals surface area contributed by atoms with Gasteiger partial charge in [-0.05, 0) is 26.3 Å². The van der Waals surface area contributed by atoms with Crippen LogP contribution in [0.15, 0.2) is 35.7 Å². The lowest BCUT2D eigenvalue weighted by Crippen LogP contribution is -2.10. The maximum absolute atomic E-state index is 12.1. The molecular formula is C13H14N2O3. The van der Waals surface area contributed by atoms with E-state index in [-0.39, 0.29) is 17.2 Å². The number of carbonyl (C=O) groups excluding carboxylic acids is 1. The van der Waals surface area contributed by atoms with Crippen LogP contribution < -0.4 is 0 Å². The minimum absolute atomic E-state index is 0.134. The molecule has 0 bridgehead atoms. The van der Waals surface area contributed by atoms with Crippen molar-refractivity contribution in [2.24, 2.45) is 0 Å². The van der Waals surface area contributed by atoms with Gasteiger partial charge in [-0.2, -0.15) is 0 Å². The zero-order chi connectivity index (χ0) is 13.7. The van der Waals surface area contributed by atoms with Gasteiger partial charge < -0.3 is 5.11 Å². The van der Waals surface area contributed by atoms with Gasteiger partial charge in [-0.25, -0.2) is 14.8 Å². The minimum atomic E-state index is -1.17. The number of rotatable bonds is 4. The largest absolute Gasteiger partial charge is 0.476 e. The van der Waals surface area contributed by atoms with Crippen LogP contribution in [0.2, 0.25) is 0 Å². The molecular weight excluding hydrogens is 232 g/mol. The van der Waals surface area contributed by atoms with E-state index < -0.39 is 5.97 Å². The quantitative estimate of drug-likeness (QED) is 0.500. The highest BCUT2D eigenvalue weighted by molar-refractivity contribution is 6.10. The summed E-state index contributed by atoms with van der Waals surface area (Å²) in [6, 6.07) is 0. The summed E-state index contributed by atoms with van der Waals surface area (Å²) in [5.41, 5.74) is 1.33. The van der Waals surface area contributed by atoms with Gasteiger partial charge in [0, 0.05) is 5.57 Å². The standard InChI is InChI=1S/C13H14N2O3/c1-4-8(3)9(5-2)12(16)10-6-15-11(7-14-10)13(17)18/h4-7H,1-3H3,(H,17,18). The molecule has 0 aliphatic carbocycles. The van der Waals surface area contributed by atoms with E-state index in [1.807, 2.05) is 19.9 Å². The molecule has 1 rings (SSSR count). The first-order chi connectivity index (χ1) is 8.51. The molecule has 5 nitrogen and oxygen atoms in total. The van der Waals surface area contributed by atoms with Crippen molar-refractivity contribution in [1.29, 1.82) is 0 Å². The summed E-state index contributed by atoms with van der Waals surface area (Å²) in [5, 5.41) is 8.69. The fourth-order valence-corrected chi connectivity index (χ4v) is 1.39. The third-order valence-corrected chi connectivity index (χ3v) is 2.49. The average molecular weight is 246 g/mol. The summed E-state index contributed by atoms with van der Waals surface area (Å²) in [6.45, 7) is 5.43. The van der Waals surface area contributed by atoms with Crippen LogP contribution in [0.5, 0.6) is 0 Å². The van der Waals surface area contributed by atoms with Gasteiger partial charge in [0.25, 0.3) is 0 Å². The van der Waals surface area contributed by atoms with Gasteiger partial charge in [-0.15, -0.1) is 0 Å².